The molecule has 0 aliphatic heterocycles. The smallest absolute Gasteiger partial charge is 0.333 e. The Kier molecular flexibility index (Phi) is 19.6. The van der Waals surface area contributed by atoms with Crippen LogP contribution in [0.2, 0.25) is 0 Å². The SMILES string of the molecule is C=CC(=O)OCOc1ccc(OC(=O)C2CCC(C(=O)OCCc3ccc(OC(=O)C4CCC(C(=O)Oc5ccc(OCC(COC(=O)C=C)OC(=O)C=C)cc5)CC4)c4nc(-c5ccc(C#N)cc5)sc34)CC2)cc1. The van der Waals surface area contributed by atoms with Gasteiger partial charge in [0, 0.05) is 30.2 Å². The highest BCUT2D eigenvalue weighted by Gasteiger charge is 2.34. The minimum absolute atomic E-state index is 0.0793. The molecule has 0 bridgehead atoms. The number of benzene rings is 4. The number of nitrogens with zero attached hydrogens (tertiary/aromatic N) is 2. The van der Waals surface area contributed by atoms with E-state index in [1.807, 2.05) is 6.07 Å². The Bertz CT molecular complexity index is 2960. The molecule has 2 aliphatic rings. The standard InChI is InChI=1S/C57H54N2O16S/c1-4-48(60)69-33-46(72-50(62)6-3)32-68-42-20-24-44(25-21-42)73-56(65)40-15-17-41(18-16-40)57(66)75-47-28-19-36(52-51(47)59-53(76-52)37-9-7-35(31-58)8-10-37)29-30-67-54(63)38-11-13-39(14-12-38)55(64)74-45-26-22-43(23-27-45)70-34-71-49(61)5-2/h4-10,19-28,38-41,46H,1-3,11-18,29-30,32-34H2. The number of carbonyl (C=O) groups excluding carboxylic acids is 7. The summed E-state index contributed by atoms with van der Waals surface area (Å²) in [6.07, 6.45) is 5.83. The van der Waals surface area contributed by atoms with Gasteiger partial charge in [0.2, 0.25) is 6.79 Å². The number of rotatable bonds is 23. The summed E-state index contributed by atoms with van der Waals surface area (Å²) in [6.45, 7) is 9.40. The number of carbonyl (C=O) groups is 7. The van der Waals surface area contributed by atoms with Gasteiger partial charge in [-0.05, 0) is 124 Å². The van der Waals surface area contributed by atoms with Gasteiger partial charge in [0.05, 0.1) is 46.6 Å². The van der Waals surface area contributed by atoms with E-state index in [0.29, 0.717) is 91.1 Å². The van der Waals surface area contributed by atoms with Crippen molar-refractivity contribution in [1.82, 2.24) is 4.98 Å². The van der Waals surface area contributed by atoms with Crippen LogP contribution in [-0.4, -0.2) is 79.5 Å². The third kappa shape index (κ3) is 15.5. The van der Waals surface area contributed by atoms with Crippen LogP contribution < -0.4 is 23.7 Å². The largest absolute Gasteiger partial charge is 0.490 e. The van der Waals surface area contributed by atoms with Crippen molar-refractivity contribution < 1.29 is 76.2 Å². The second-order valence-corrected chi connectivity index (χ2v) is 18.7. The summed E-state index contributed by atoms with van der Waals surface area (Å²) in [7, 11) is 0. The molecule has 2 saturated carbocycles. The van der Waals surface area contributed by atoms with Crippen LogP contribution in [0.1, 0.15) is 62.5 Å². The monoisotopic (exact) mass is 1050 g/mol. The highest BCUT2D eigenvalue weighted by atomic mass is 32.1. The maximum atomic E-state index is 13.7. The minimum atomic E-state index is -0.920. The highest BCUT2D eigenvalue weighted by molar-refractivity contribution is 7.21. The molecule has 1 heterocycles. The Labute approximate surface area is 441 Å². The molecule has 1 unspecified atom stereocenters. The zero-order valence-corrected chi connectivity index (χ0v) is 42.2. The predicted molar refractivity (Wildman–Crippen MR) is 274 cm³/mol. The van der Waals surface area contributed by atoms with Crippen molar-refractivity contribution in [1.29, 1.82) is 5.26 Å². The van der Waals surface area contributed by atoms with Gasteiger partial charge in [0.15, 0.2) is 11.9 Å². The van der Waals surface area contributed by atoms with Crippen LogP contribution in [-0.2, 0) is 58.9 Å². The van der Waals surface area contributed by atoms with Gasteiger partial charge in [0.25, 0.3) is 0 Å². The highest BCUT2D eigenvalue weighted by Crippen LogP contribution is 2.39. The third-order valence-corrected chi connectivity index (χ3v) is 13.8. The molecule has 0 spiro atoms. The Morgan fingerprint density at radius 1 is 0.579 bits per heavy atom. The number of thiazole rings is 1. The van der Waals surface area contributed by atoms with E-state index in [2.05, 4.69) is 25.8 Å². The van der Waals surface area contributed by atoms with Gasteiger partial charge >= 0.3 is 41.8 Å². The molecule has 0 radical (unpaired) electrons. The van der Waals surface area contributed by atoms with Crippen molar-refractivity contribution in [2.24, 2.45) is 23.7 Å². The van der Waals surface area contributed by atoms with Crippen LogP contribution in [0.3, 0.4) is 0 Å². The maximum absolute atomic E-state index is 13.7. The molecule has 19 heteroatoms. The first-order valence-electron chi connectivity index (χ1n) is 24.4. The Hall–Kier alpha value is -8.63. The summed E-state index contributed by atoms with van der Waals surface area (Å²) in [5.41, 5.74) is 2.54. The van der Waals surface area contributed by atoms with Gasteiger partial charge in [-0.2, -0.15) is 5.26 Å². The van der Waals surface area contributed by atoms with Gasteiger partial charge in [-0.25, -0.2) is 19.4 Å². The van der Waals surface area contributed by atoms with E-state index in [1.54, 1.807) is 78.9 Å². The molecule has 7 rings (SSSR count). The molecule has 0 amide bonds. The van der Waals surface area contributed by atoms with E-state index in [1.165, 1.54) is 11.3 Å². The lowest BCUT2D eigenvalue weighted by Crippen LogP contribution is -2.30. The number of nitriles is 1. The molecule has 394 valence electrons. The second kappa shape index (κ2) is 27.1. The zero-order chi connectivity index (χ0) is 54.0. The first-order valence-corrected chi connectivity index (χ1v) is 25.3. The molecule has 2 fully saturated rings. The molecular formula is C57H54N2O16S. The molecule has 2 aliphatic carbocycles. The van der Waals surface area contributed by atoms with Crippen molar-refractivity contribution >= 4 is 63.3 Å². The average molecular weight is 1060 g/mol. The number of hydrogen-bond donors (Lipinski definition) is 0. The van der Waals surface area contributed by atoms with E-state index in [4.69, 9.17) is 47.6 Å². The molecule has 0 N–H and O–H groups in total. The van der Waals surface area contributed by atoms with Gasteiger partial charge in [-0.3, -0.25) is 19.2 Å². The Morgan fingerprint density at radius 2 is 1.08 bits per heavy atom. The van der Waals surface area contributed by atoms with Crippen molar-refractivity contribution in [2.75, 3.05) is 26.6 Å². The number of ether oxygens (including phenoxy) is 9. The minimum Gasteiger partial charge on any atom is -0.490 e. The molecule has 1 aromatic heterocycles. The van der Waals surface area contributed by atoms with Crippen molar-refractivity contribution in [3.8, 4) is 45.4 Å². The van der Waals surface area contributed by atoms with E-state index < -0.39 is 53.8 Å². The summed E-state index contributed by atoms with van der Waals surface area (Å²) >= 11 is 1.39. The van der Waals surface area contributed by atoms with Gasteiger partial charge in [-0.1, -0.05) is 37.9 Å². The number of hydrogen-bond acceptors (Lipinski definition) is 19. The zero-order valence-electron chi connectivity index (χ0n) is 41.4. The fourth-order valence-electron chi connectivity index (χ4n) is 8.40. The van der Waals surface area contributed by atoms with Crippen LogP contribution in [0.15, 0.2) is 123 Å². The van der Waals surface area contributed by atoms with Crippen LogP contribution in [0.4, 0.5) is 0 Å². The lowest BCUT2D eigenvalue weighted by molar-refractivity contribution is -0.154. The average Bonchev–Trinajstić information content (AvgIpc) is 3.91. The topological polar surface area (TPSA) is 239 Å². The first-order chi connectivity index (χ1) is 36.8. The van der Waals surface area contributed by atoms with E-state index >= 15 is 0 Å². The van der Waals surface area contributed by atoms with E-state index in [-0.39, 0.29) is 55.9 Å². The summed E-state index contributed by atoms with van der Waals surface area (Å²) in [6, 6.07) is 25.2. The molecule has 0 saturated heterocycles. The number of esters is 7. The molecular weight excluding hydrogens is 1000 g/mol. The molecule has 1 atom stereocenters. The fourth-order valence-corrected chi connectivity index (χ4v) is 9.53. The van der Waals surface area contributed by atoms with Crippen LogP contribution in [0.5, 0.6) is 28.7 Å². The first kappa shape index (κ1) is 55.1. The fraction of sp³-hybridized carbons (Fsp3) is 0.316. The van der Waals surface area contributed by atoms with Crippen LogP contribution in [0.25, 0.3) is 20.8 Å². The summed E-state index contributed by atoms with van der Waals surface area (Å²) < 4.78 is 49.8. The number of aromatic nitrogens is 1. The summed E-state index contributed by atoms with van der Waals surface area (Å²) in [5.74, 6) is -3.68. The van der Waals surface area contributed by atoms with E-state index in [0.717, 1.165) is 34.1 Å². The lowest BCUT2D eigenvalue weighted by Gasteiger charge is -2.26. The molecule has 5 aromatic rings. The molecule has 4 aromatic carbocycles. The second-order valence-electron chi connectivity index (χ2n) is 17.7. The van der Waals surface area contributed by atoms with Gasteiger partial charge < -0.3 is 42.6 Å². The number of fused-ring (bicyclic) bond motifs is 1. The van der Waals surface area contributed by atoms with Gasteiger partial charge in [0.1, 0.15) is 46.7 Å². The van der Waals surface area contributed by atoms with Crippen molar-refractivity contribution in [2.45, 2.75) is 63.9 Å². The van der Waals surface area contributed by atoms with Crippen molar-refractivity contribution in [3.05, 3.63) is 134 Å². The normalized spacial score (nSPS) is 17.2. The Morgan fingerprint density at radius 3 is 1.62 bits per heavy atom. The van der Waals surface area contributed by atoms with Gasteiger partial charge in [-0.15, -0.1) is 11.3 Å². The molecule has 76 heavy (non-hydrogen) atoms. The lowest BCUT2D eigenvalue weighted by atomic mass is 9.82. The van der Waals surface area contributed by atoms with Crippen LogP contribution in [0, 0.1) is 35.0 Å². The predicted octanol–water partition coefficient (Wildman–Crippen LogP) is 8.92. The summed E-state index contributed by atoms with van der Waals surface area (Å²) in [4.78, 5) is 92.5. The quantitative estimate of drug-likeness (QED) is 0.0195. The maximum Gasteiger partial charge on any atom is 0.333 e. The molecule has 18 nitrogen and oxygen atoms in total. The van der Waals surface area contributed by atoms with Crippen LogP contribution >= 0.6 is 11.3 Å². The summed E-state index contributed by atoms with van der Waals surface area (Å²) in [5, 5.41) is 10.0. The van der Waals surface area contributed by atoms with E-state index in [9.17, 15) is 38.8 Å². The Balaban J connectivity index is 0.892. The van der Waals surface area contributed by atoms with Crippen molar-refractivity contribution in [3.63, 3.8) is 0 Å². The third-order valence-electron chi connectivity index (χ3n) is 12.6.